The van der Waals surface area contributed by atoms with Crippen molar-refractivity contribution in [1.82, 2.24) is 5.16 Å². The van der Waals surface area contributed by atoms with Crippen LogP contribution in [-0.2, 0) is 6.42 Å². The minimum absolute atomic E-state index is 0.403. The largest absolute Gasteiger partial charge is 0.390 e. The van der Waals surface area contributed by atoms with Gasteiger partial charge in [0.15, 0.2) is 0 Å². The first-order valence-corrected chi connectivity index (χ1v) is 11.6. The number of hydrogen-bond donors (Lipinski definition) is 1. The minimum atomic E-state index is -0.403. The van der Waals surface area contributed by atoms with Gasteiger partial charge in [-0.15, -0.1) is 0 Å². The lowest BCUT2D eigenvalue weighted by atomic mass is 9.49. The van der Waals surface area contributed by atoms with Crippen LogP contribution in [0.4, 0.5) is 0 Å². The third kappa shape index (κ3) is 2.82. The van der Waals surface area contributed by atoms with Gasteiger partial charge in [-0.1, -0.05) is 19.0 Å². The molecule has 0 unspecified atom stereocenters. The van der Waals surface area contributed by atoms with E-state index >= 15 is 0 Å². The molecule has 3 heteroatoms. The first kappa shape index (κ1) is 18.2. The quantitative estimate of drug-likeness (QED) is 0.723. The van der Waals surface area contributed by atoms with Crippen LogP contribution in [0.1, 0.15) is 95.9 Å². The molecule has 1 N–H and O–H groups in total. The van der Waals surface area contributed by atoms with Gasteiger partial charge >= 0.3 is 0 Å². The third-order valence-electron chi connectivity index (χ3n) is 9.52. The molecule has 5 rings (SSSR count). The second kappa shape index (κ2) is 6.34. The zero-order valence-corrected chi connectivity index (χ0v) is 17.4. The Kier molecular flexibility index (Phi) is 4.28. The van der Waals surface area contributed by atoms with Crippen LogP contribution < -0.4 is 0 Å². The van der Waals surface area contributed by atoms with Gasteiger partial charge in [0.25, 0.3) is 0 Å². The molecular formula is C24H37NO2. The van der Waals surface area contributed by atoms with Crippen molar-refractivity contribution in [3.05, 3.63) is 17.5 Å². The summed E-state index contributed by atoms with van der Waals surface area (Å²) in [6.07, 6.45) is 12.4. The van der Waals surface area contributed by atoms with Crippen molar-refractivity contribution in [2.75, 3.05) is 0 Å². The fourth-order valence-electron chi connectivity index (χ4n) is 8.23. The number of aryl methyl sites for hydroxylation is 1. The fraction of sp³-hybridized carbons (Fsp3) is 0.875. The molecule has 4 saturated carbocycles. The number of nitrogens with zero attached hydrogens (tertiary/aromatic N) is 1. The Bertz CT molecular complexity index is 694. The van der Waals surface area contributed by atoms with Gasteiger partial charge in [0.2, 0.25) is 0 Å². The molecule has 4 fully saturated rings. The van der Waals surface area contributed by atoms with Crippen LogP contribution in [0.3, 0.4) is 0 Å². The first-order chi connectivity index (χ1) is 12.9. The van der Waals surface area contributed by atoms with Crippen molar-refractivity contribution in [3.63, 3.8) is 0 Å². The van der Waals surface area contributed by atoms with Crippen LogP contribution in [0.5, 0.6) is 0 Å². The number of rotatable bonds is 2. The van der Waals surface area contributed by atoms with E-state index in [0.29, 0.717) is 11.3 Å². The van der Waals surface area contributed by atoms with Crippen molar-refractivity contribution in [3.8, 4) is 0 Å². The Hall–Kier alpha value is -0.830. The van der Waals surface area contributed by atoms with Crippen LogP contribution in [-0.4, -0.2) is 15.9 Å². The zero-order valence-electron chi connectivity index (χ0n) is 17.4. The second-order valence-electron chi connectivity index (χ2n) is 10.9. The molecule has 1 heterocycles. The van der Waals surface area contributed by atoms with Gasteiger partial charge < -0.3 is 9.63 Å². The Morgan fingerprint density at radius 1 is 1.04 bits per heavy atom. The molecule has 8 atom stereocenters. The Morgan fingerprint density at radius 2 is 1.85 bits per heavy atom. The molecule has 1 aromatic heterocycles. The summed E-state index contributed by atoms with van der Waals surface area (Å²) in [4.78, 5) is 0. The van der Waals surface area contributed by atoms with Crippen molar-refractivity contribution >= 4 is 0 Å². The molecule has 0 radical (unpaired) electrons. The lowest BCUT2D eigenvalue weighted by Crippen LogP contribution is -2.50. The standard InChI is InChI=1S/C24H37NO2/c1-4-16-13-22(25-27-16)21-8-7-20-19-6-5-15-14-23(2,26)11-9-17(15)18(19)10-12-24(20,21)3/h13,15,17-21,26H,4-12,14H2,1-3H3/t15-,17-,18+,19+,20-,21+,23+,24-/m0/s1. The van der Waals surface area contributed by atoms with E-state index in [4.69, 9.17) is 4.52 Å². The van der Waals surface area contributed by atoms with Crippen molar-refractivity contribution in [1.29, 1.82) is 0 Å². The predicted octanol–water partition coefficient (Wildman–Crippen LogP) is 5.72. The summed E-state index contributed by atoms with van der Waals surface area (Å²) in [6, 6.07) is 2.24. The zero-order chi connectivity index (χ0) is 18.8. The molecule has 0 aromatic carbocycles. The SMILES string of the molecule is CCc1cc([C@H]2CC[C@H]3[C@@H]4CC[C@H]5C[C@](C)(O)CC[C@@H]5[C@H]4CC[C@]23C)no1. The van der Waals surface area contributed by atoms with Crippen LogP contribution in [0.15, 0.2) is 10.6 Å². The maximum absolute atomic E-state index is 10.6. The van der Waals surface area contributed by atoms with Crippen molar-refractivity contribution in [2.45, 2.75) is 96.5 Å². The van der Waals surface area contributed by atoms with Gasteiger partial charge in [0, 0.05) is 18.4 Å². The summed E-state index contributed by atoms with van der Waals surface area (Å²) in [5, 5.41) is 15.1. The smallest absolute Gasteiger partial charge is 0.136 e. The Morgan fingerprint density at radius 3 is 2.63 bits per heavy atom. The Balaban J connectivity index is 1.37. The van der Waals surface area contributed by atoms with Crippen LogP contribution in [0, 0.1) is 35.0 Å². The highest BCUT2D eigenvalue weighted by Crippen LogP contribution is 2.66. The van der Waals surface area contributed by atoms with Gasteiger partial charge in [0.1, 0.15) is 5.76 Å². The molecule has 0 spiro atoms. The maximum atomic E-state index is 10.6. The van der Waals surface area contributed by atoms with E-state index in [1.165, 1.54) is 50.6 Å². The summed E-state index contributed by atoms with van der Waals surface area (Å²) in [5.41, 5.74) is 1.24. The summed E-state index contributed by atoms with van der Waals surface area (Å²) in [6.45, 7) is 6.79. The molecule has 4 aliphatic rings. The third-order valence-corrected chi connectivity index (χ3v) is 9.52. The maximum Gasteiger partial charge on any atom is 0.136 e. The molecule has 27 heavy (non-hydrogen) atoms. The van der Waals surface area contributed by atoms with E-state index in [1.54, 1.807) is 0 Å². The Labute approximate surface area is 164 Å². The summed E-state index contributed by atoms with van der Waals surface area (Å²) in [7, 11) is 0. The van der Waals surface area contributed by atoms with Gasteiger partial charge in [0.05, 0.1) is 11.3 Å². The molecule has 3 nitrogen and oxygen atoms in total. The molecule has 1 aromatic rings. The molecule has 4 aliphatic carbocycles. The van der Waals surface area contributed by atoms with E-state index in [9.17, 15) is 5.11 Å². The summed E-state index contributed by atoms with van der Waals surface area (Å²) in [5.74, 6) is 5.99. The number of fused-ring (bicyclic) bond motifs is 5. The van der Waals surface area contributed by atoms with E-state index in [-0.39, 0.29) is 0 Å². The molecule has 0 saturated heterocycles. The van der Waals surface area contributed by atoms with Gasteiger partial charge in [-0.2, -0.15) is 0 Å². The summed E-state index contributed by atoms with van der Waals surface area (Å²) < 4.78 is 5.57. The minimum Gasteiger partial charge on any atom is -0.390 e. The fourth-order valence-corrected chi connectivity index (χ4v) is 8.23. The molecule has 0 bridgehead atoms. The van der Waals surface area contributed by atoms with E-state index in [1.807, 2.05) is 0 Å². The molecular weight excluding hydrogens is 334 g/mol. The number of aliphatic hydroxyl groups is 1. The highest BCUT2D eigenvalue weighted by molar-refractivity contribution is 5.20. The lowest BCUT2D eigenvalue weighted by Gasteiger charge is -2.56. The highest BCUT2D eigenvalue weighted by Gasteiger charge is 2.58. The first-order valence-electron chi connectivity index (χ1n) is 11.6. The molecule has 150 valence electrons. The van der Waals surface area contributed by atoms with Crippen LogP contribution in [0.2, 0.25) is 0 Å². The van der Waals surface area contributed by atoms with Crippen molar-refractivity contribution in [2.24, 2.45) is 35.0 Å². The topological polar surface area (TPSA) is 46.3 Å². The predicted molar refractivity (Wildman–Crippen MR) is 106 cm³/mol. The van der Waals surface area contributed by atoms with E-state index < -0.39 is 5.60 Å². The lowest BCUT2D eigenvalue weighted by molar-refractivity contribution is -0.0960. The second-order valence-corrected chi connectivity index (χ2v) is 10.9. The molecule has 0 amide bonds. The highest BCUT2D eigenvalue weighted by atomic mass is 16.5. The van der Waals surface area contributed by atoms with Gasteiger partial charge in [-0.25, -0.2) is 0 Å². The van der Waals surface area contributed by atoms with Crippen LogP contribution in [0.25, 0.3) is 0 Å². The summed E-state index contributed by atoms with van der Waals surface area (Å²) >= 11 is 0. The van der Waals surface area contributed by atoms with Gasteiger partial charge in [-0.05, 0) is 99.7 Å². The normalized spacial score (nSPS) is 49.3. The van der Waals surface area contributed by atoms with Crippen LogP contribution >= 0.6 is 0 Å². The number of aromatic nitrogens is 1. The van der Waals surface area contributed by atoms with E-state index in [2.05, 4.69) is 32.0 Å². The monoisotopic (exact) mass is 371 g/mol. The van der Waals surface area contributed by atoms with Crippen molar-refractivity contribution < 1.29 is 9.63 Å². The molecule has 0 aliphatic heterocycles. The van der Waals surface area contributed by atoms with E-state index in [0.717, 1.165) is 54.6 Å². The average molecular weight is 372 g/mol. The number of hydrogen-bond acceptors (Lipinski definition) is 3. The average Bonchev–Trinajstić information content (AvgIpc) is 3.23. The van der Waals surface area contributed by atoms with Gasteiger partial charge in [-0.3, -0.25) is 0 Å².